The Morgan fingerprint density at radius 1 is 0.971 bits per heavy atom. The molecule has 8 heteroatoms. The van der Waals surface area contributed by atoms with E-state index in [9.17, 15) is 24.0 Å². The maximum absolute atomic E-state index is 13.1. The standard InChI is InChI=1S/C27H33N3O5/c1-5-6-7-8-12-15-21(31)28-20(19-13-10-9-11-14-19)16-22(32)29-24(17(2)3)25(33)23-18(4)26(34)30-27(23)35/h5-15,17-18,20,23-24H,16H2,1-4H3,(H,28,31)(H,29,32)(H,30,34,35)/b6-5+,8-7+,15-12+/t18-,20-,23-,24-/m0/s1. The van der Waals surface area contributed by atoms with Gasteiger partial charge in [-0.15, -0.1) is 0 Å². The number of hydrogen-bond donors (Lipinski definition) is 3. The molecule has 1 saturated heterocycles. The second-order valence-corrected chi connectivity index (χ2v) is 8.76. The van der Waals surface area contributed by atoms with Gasteiger partial charge in [0.2, 0.25) is 23.6 Å². The minimum atomic E-state index is -1.14. The van der Waals surface area contributed by atoms with Crippen molar-refractivity contribution in [1.29, 1.82) is 0 Å². The van der Waals surface area contributed by atoms with Crippen molar-refractivity contribution in [2.24, 2.45) is 17.8 Å². The SMILES string of the molecule is C/C=C/C=C/C=C/C(=O)N[C@@H](CC(=O)N[C@H](C(=O)[C@H]1C(=O)NC(=O)[C@H]1C)C(C)C)c1ccccc1. The Hall–Kier alpha value is -3.81. The van der Waals surface area contributed by atoms with Crippen molar-refractivity contribution in [1.82, 2.24) is 16.0 Å². The molecule has 4 amide bonds. The average molecular weight is 480 g/mol. The van der Waals surface area contributed by atoms with Gasteiger partial charge in [-0.05, 0) is 18.4 Å². The van der Waals surface area contributed by atoms with Crippen LogP contribution in [-0.4, -0.2) is 35.5 Å². The van der Waals surface area contributed by atoms with Crippen LogP contribution in [0.1, 0.15) is 45.7 Å². The third-order valence-corrected chi connectivity index (χ3v) is 5.72. The number of nitrogens with one attached hydrogen (secondary N) is 3. The molecule has 1 aliphatic heterocycles. The minimum Gasteiger partial charge on any atom is -0.346 e. The van der Waals surface area contributed by atoms with Gasteiger partial charge >= 0.3 is 0 Å². The van der Waals surface area contributed by atoms with Crippen molar-refractivity contribution in [3.63, 3.8) is 0 Å². The van der Waals surface area contributed by atoms with Crippen LogP contribution in [0, 0.1) is 17.8 Å². The molecule has 4 atom stereocenters. The number of benzene rings is 1. The quantitative estimate of drug-likeness (QED) is 0.195. The first-order valence-electron chi connectivity index (χ1n) is 11.6. The molecule has 1 aromatic carbocycles. The zero-order valence-corrected chi connectivity index (χ0v) is 20.5. The lowest BCUT2D eigenvalue weighted by molar-refractivity contribution is -0.137. The molecule has 1 fully saturated rings. The fraction of sp³-hybridized carbons (Fsp3) is 0.370. The molecule has 0 bridgehead atoms. The fourth-order valence-corrected chi connectivity index (χ4v) is 3.78. The van der Waals surface area contributed by atoms with Crippen LogP contribution in [-0.2, 0) is 24.0 Å². The van der Waals surface area contributed by atoms with Crippen molar-refractivity contribution in [3.8, 4) is 0 Å². The largest absolute Gasteiger partial charge is 0.346 e. The molecule has 8 nitrogen and oxygen atoms in total. The third kappa shape index (κ3) is 7.88. The highest BCUT2D eigenvalue weighted by atomic mass is 16.2. The van der Waals surface area contributed by atoms with Crippen molar-refractivity contribution < 1.29 is 24.0 Å². The van der Waals surface area contributed by atoms with E-state index >= 15 is 0 Å². The molecule has 3 N–H and O–H groups in total. The summed E-state index contributed by atoms with van der Waals surface area (Å²) in [6.07, 6.45) is 10.0. The molecule has 2 rings (SSSR count). The highest BCUT2D eigenvalue weighted by molar-refractivity contribution is 6.16. The van der Waals surface area contributed by atoms with Crippen molar-refractivity contribution in [2.45, 2.75) is 46.2 Å². The van der Waals surface area contributed by atoms with E-state index in [1.807, 2.05) is 25.1 Å². The molecule has 1 aromatic rings. The minimum absolute atomic E-state index is 0.111. The zero-order valence-electron chi connectivity index (χ0n) is 20.5. The lowest BCUT2D eigenvalue weighted by atomic mass is 9.85. The number of amides is 4. The van der Waals surface area contributed by atoms with E-state index < -0.39 is 47.4 Å². The van der Waals surface area contributed by atoms with Crippen LogP contribution in [0.4, 0.5) is 0 Å². The molecule has 0 aliphatic carbocycles. The van der Waals surface area contributed by atoms with E-state index in [-0.39, 0.29) is 18.2 Å². The summed E-state index contributed by atoms with van der Waals surface area (Å²) >= 11 is 0. The van der Waals surface area contributed by atoms with Crippen molar-refractivity contribution in [2.75, 3.05) is 0 Å². The molecule has 0 unspecified atom stereocenters. The van der Waals surface area contributed by atoms with E-state index in [1.165, 1.54) is 13.0 Å². The lowest BCUT2D eigenvalue weighted by Gasteiger charge is -2.25. The molecule has 0 radical (unpaired) electrons. The summed E-state index contributed by atoms with van der Waals surface area (Å²) in [5.41, 5.74) is 0.732. The number of carbonyl (C=O) groups excluding carboxylic acids is 5. The first-order valence-corrected chi connectivity index (χ1v) is 11.6. The van der Waals surface area contributed by atoms with Crippen molar-refractivity contribution in [3.05, 3.63) is 72.4 Å². The number of ketones is 1. The van der Waals surface area contributed by atoms with E-state index in [4.69, 9.17) is 0 Å². The lowest BCUT2D eigenvalue weighted by Crippen LogP contribution is -2.49. The molecular formula is C27H33N3O5. The molecule has 0 aromatic heterocycles. The number of allylic oxidation sites excluding steroid dienone is 5. The first-order chi connectivity index (χ1) is 16.6. The van der Waals surface area contributed by atoms with Gasteiger partial charge in [-0.25, -0.2) is 0 Å². The van der Waals surface area contributed by atoms with Crippen LogP contribution in [0.5, 0.6) is 0 Å². The average Bonchev–Trinajstić information content (AvgIpc) is 3.07. The van der Waals surface area contributed by atoms with Crippen LogP contribution >= 0.6 is 0 Å². The first kappa shape index (κ1) is 27.4. The number of rotatable bonds is 11. The summed E-state index contributed by atoms with van der Waals surface area (Å²) in [5.74, 6) is -4.71. The summed E-state index contributed by atoms with van der Waals surface area (Å²) in [7, 11) is 0. The van der Waals surface area contributed by atoms with Crippen LogP contribution in [0.25, 0.3) is 0 Å². The van der Waals surface area contributed by atoms with E-state index in [0.29, 0.717) is 0 Å². The predicted molar refractivity (Wildman–Crippen MR) is 133 cm³/mol. The summed E-state index contributed by atoms with van der Waals surface area (Å²) in [4.78, 5) is 62.5. The van der Waals surface area contributed by atoms with Crippen molar-refractivity contribution >= 4 is 29.4 Å². The zero-order chi connectivity index (χ0) is 26.0. The Kier molecular flexibility index (Phi) is 10.3. The number of hydrogen-bond acceptors (Lipinski definition) is 5. The maximum atomic E-state index is 13.1. The van der Waals surface area contributed by atoms with E-state index in [1.54, 1.807) is 56.3 Å². The predicted octanol–water partition coefficient (Wildman–Crippen LogP) is 2.54. The Bertz CT molecular complexity index is 1030. The number of carbonyl (C=O) groups is 5. The summed E-state index contributed by atoms with van der Waals surface area (Å²) in [6, 6.07) is 7.46. The third-order valence-electron chi connectivity index (χ3n) is 5.72. The molecule has 1 heterocycles. The molecule has 0 spiro atoms. The second kappa shape index (κ2) is 13.2. The topological polar surface area (TPSA) is 121 Å². The number of imide groups is 1. The van der Waals surface area contributed by atoms with Crippen LogP contribution in [0.15, 0.2) is 66.8 Å². The van der Waals surface area contributed by atoms with Gasteiger partial charge in [-0.3, -0.25) is 29.3 Å². The van der Waals surface area contributed by atoms with Crippen LogP contribution < -0.4 is 16.0 Å². The van der Waals surface area contributed by atoms with Crippen LogP contribution in [0.3, 0.4) is 0 Å². The molecule has 1 aliphatic rings. The van der Waals surface area contributed by atoms with Crippen LogP contribution in [0.2, 0.25) is 0 Å². The summed E-state index contributed by atoms with van der Waals surface area (Å²) < 4.78 is 0. The van der Waals surface area contributed by atoms with E-state index in [0.717, 1.165) is 5.56 Å². The molecule has 186 valence electrons. The highest BCUT2D eigenvalue weighted by Gasteiger charge is 2.46. The van der Waals surface area contributed by atoms with Gasteiger partial charge in [-0.1, -0.05) is 81.5 Å². The fourth-order valence-electron chi connectivity index (χ4n) is 3.78. The highest BCUT2D eigenvalue weighted by Crippen LogP contribution is 2.24. The van der Waals surface area contributed by atoms with E-state index in [2.05, 4.69) is 16.0 Å². The van der Waals surface area contributed by atoms with Gasteiger partial charge in [-0.2, -0.15) is 0 Å². The van der Waals surface area contributed by atoms with Gasteiger partial charge in [0.1, 0.15) is 5.92 Å². The Morgan fingerprint density at radius 2 is 1.63 bits per heavy atom. The maximum Gasteiger partial charge on any atom is 0.244 e. The molecule has 0 saturated carbocycles. The van der Waals surface area contributed by atoms with Gasteiger partial charge in [0.25, 0.3) is 0 Å². The van der Waals surface area contributed by atoms with Gasteiger partial charge in [0.05, 0.1) is 24.4 Å². The second-order valence-electron chi connectivity index (χ2n) is 8.76. The Labute approximate surface area is 205 Å². The van der Waals surface area contributed by atoms with Gasteiger partial charge in [0.15, 0.2) is 5.78 Å². The molecular weight excluding hydrogens is 446 g/mol. The monoisotopic (exact) mass is 479 g/mol. The Balaban J connectivity index is 2.14. The van der Waals surface area contributed by atoms with Gasteiger partial charge < -0.3 is 10.6 Å². The normalized spacial score (nSPS) is 19.9. The van der Waals surface area contributed by atoms with Gasteiger partial charge in [0, 0.05) is 6.08 Å². The smallest absolute Gasteiger partial charge is 0.244 e. The molecule has 35 heavy (non-hydrogen) atoms. The Morgan fingerprint density at radius 3 is 2.20 bits per heavy atom. The summed E-state index contributed by atoms with van der Waals surface area (Å²) in [5, 5.41) is 7.72. The summed E-state index contributed by atoms with van der Waals surface area (Å²) in [6.45, 7) is 6.91. The number of Topliss-reactive ketones (excluding diaryl/α,β-unsaturated/α-hetero) is 1.